The molecule has 14 heteroatoms. The molecule has 0 aliphatic heterocycles. The number of Topliss-reactive ketones (excluding diaryl/α,β-unsaturated/α-hetero) is 2. The SMILES string of the molecule is CN(C)[C@@H]1C(=O)C(C(N)=O)=C(O)[C@@]2(C#N)C(=O)C3=C(O)c4c(O)ccc(-c5ccc(NC(=O)CNC(C)(C)C)cc5)c4C[C@@]3(N)C[C@@]12N. The number of phenols is 1. The quantitative estimate of drug-likeness (QED) is 0.202. The molecule has 5 rings (SSSR count). The number of anilines is 1. The van der Waals surface area contributed by atoms with Gasteiger partial charge in [-0.1, -0.05) is 18.2 Å². The minimum Gasteiger partial charge on any atom is -0.509 e. The molecule has 0 heterocycles. The van der Waals surface area contributed by atoms with Crippen LogP contribution in [0.15, 0.2) is 53.3 Å². The lowest BCUT2D eigenvalue weighted by Crippen LogP contribution is -2.80. The fourth-order valence-corrected chi connectivity index (χ4v) is 7.39. The number of nitrogens with one attached hydrogen (secondary N) is 2. The topological polar surface area (TPSA) is 258 Å². The maximum atomic E-state index is 14.5. The number of hydrogen-bond donors (Lipinski definition) is 8. The predicted molar refractivity (Wildman–Crippen MR) is 176 cm³/mol. The van der Waals surface area contributed by atoms with Crippen LogP contribution < -0.4 is 27.8 Å². The number of phenolic OH excluding ortho intramolecular Hbond substituents is 1. The third-order valence-electron chi connectivity index (χ3n) is 9.39. The van der Waals surface area contributed by atoms with Gasteiger partial charge in [0.2, 0.25) is 5.91 Å². The Labute approximate surface area is 276 Å². The normalized spacial score (nSPS) is 26.9. The lowest BCUT2D eigenvalue weighted by atomic mass is 9.47. The molecule has 2 amide bonds. The van der Waals surface area contributed by atoms with Crippen LogP contribution in [0.2, 0.25) is 0 Å². The Balaban J connectivity index is 1.65. The lowest BCUT2D eigenvalue weighted by molar-refractivity contribution is -0.139. The average Bonchev–Trinajstić information content (AvgIpc) is 2.95. The van der Waals surface area contributed by atoms with Gasteiger partial charge in [-0.05, 0) is 82.6 Å². The number of primary amides is 1. The van der Waals surface area contributed by atoms with Gasteiger partial charge in [0, 0.05) is 11.2 Å². The number of aliphatic hydroxyl groups is 2. The summed E-state index contributed by atoms with van der Waals surface area (Å²) in [5, 5.41) is 50.5. The molecular weight excluding hydrogens is 618 g/mol. The highest BCUT2D eigenvalue weighted by atomic mass is 16.3. The van der Waals surface area contributed by atoms with Gasteiger partial charge in [0.05, 0.1) is 40.9 Å². The average molecular weight is 658 g/mol. The molecule has 4 atom stereocenters. The molecule has 1 fully saturated rings. The number of hydrogen-bond acceptors (Lipinski definition) is 12. The van der Waals surface area contributed by atoms with E-state index in [1.165, 1.54) is 25.1 Å². The van der Waals surface area contributed by atoms with Crippen LogP contribution >= 0.6 is 0 Å². The number of amides is 2. The predicted octanol–water partition coefficient (Wildman–Crippen LogP) is 0.899. The number of rotatable bonds is 6. The number of aliphatic hydroxyl groups excluding tert-OH is 2. The Bertz CT molecular complexity index is 1890. The van der Waals surface area contributed by atoms with Gasteiger partial charge < -0.3 is 43.2 Å². The van der Waals surface area contributed by atoms with E-state index in [9.17, 15) is 39.8 Å². The van der Waals surface area contributed by atoms with Crippen molar-refractivity contribution in [2.75, 3.05) is 26.0 Å². The molecule has 0 saturated heterocycles. The van der Waals surface area contributed by atoms with E-state index in [0.717, 1.165) is 0 Å². The molecule has 0 bridgehead atoms. The van der Waals surface area contributed by atoms with Gasteiger partial charge in [-0.25, -0.2) is 0 Å². The number of carbonyl (C=O) groups excluding carboxylic acids is 4. The van der Waals surface area contributed by atoms with E-state index in [0.29, 0.717) is 22.4 Å². The van der Waals surface area contributed by atoms with Gasteiger partial charge in [0.25, 0.3) is 5.91 Å². The lowest BCUT2D eigenvalue weighted by Gasteiger charge is -2.58. The zero-order valence-corrected chi connectivity index (χ0v) is 27.3. The second-order valence-electron chi connectivity index (χ2n) is 14.0. The molecule has 252 valence electrons. The summed E-state index contributed by atoms with van der Waals surface area (Å²) in [4.78, 5) is 54.3. The van der Waals surface area contributed by atoms with Crippen LogP contribution in [0, 0.1) is 16.7 Å². The highest BCUT2D eigenvalue weighted by Crippen LogP contribution is 2.58. The number of fused-ring (bicyclic) bond motifs is 3. The van der Waals surface area contributed by atoms with E-state index in [1.807, 2.05) is 20.8 Å². The van der Waals surface area contributed by atoms with Crippen molar-refractivity contribution in [1.29, 1.82) is 5.26 Å². The Morgan fingerprint density at radius 1 is 1.06 bits per heavy atom. The number of nitriles is 1. The third-order valence-corrected chi connectivity index (χ3v) is 9.39. The number of ketones is 2. The molecular formula is C34H39N7O7. The van der Waals surface area contributed by atoms with Gasteiger partial charge >= 0.3 is 0 Å². The van der Waals surface area contributed by atoms with Crippen LogP contribution in [-0.2, 0) is 25.6 Å². The van der Waals surface area contributed by atoms with Crippen molar-refractivity contribution in [3.05, 3.63) is 64.4 Å². The first kappa shape index (κ1) is 34.3. The van der Waals surface area contributed by atoms with E-state index in [1.54, 1.807) is 36.4 Å². The van der Waals surface area contributed by atoms with Crippen LogP contribution in [0.25, 0.3) is 16.9 Å². The Hall–Kier alpha value is -5.07. The van der Waals surface area contributed by atoms with Crippen molar-refractivity contribution in [2.24, 2.45) is 22.6 Å². The number of nitrogens with two attached hydrogens (primary N) is 3. The number of likely N-dealkylation sites (N-methyl/N-ethyl adjacent to an activating group) is 1. The molecule has 3 aliphatic rings. The highest BCUT2D eigenvalue weighted by Gasteiger charge is 2.74. The van der Waals surface area contributed by atoms with E-state index >= 15 is 0 Å². The molecule has 3 aliphatic carbocycles. The van der Waals surface area contributed by atoms with Crippen LogP contribution in [-0.4, -0.2) is 86.9 Å². The molecule has 0 unspecified atom stereocenters. The second kappa shape index (κ2) is 11.3. The summed E-state index contributed by atoms with van der Waals surface area (Å²) < 4.78 is 0. The fraction of sp³-hybridized carbons (Fsp3) is 0.382. The van der Waals surface area contributed by atoms with E-state index < -0.39 is 69.1 Å². The molecule has 0 radical (unpaired) electrons. The smallest absolute Gasteiger partial charge is 0.255 e. The van der Waals surface area contributed by atoms with Gasteiger partial charge in [-0.15, -0.1) is 0 Å². The maximum Gasteiger partial charge on any atom is 0.255 e. The van der Waals surface area contributed by atoms with Crippen molar-refractivity contribution in [1.82, 2.24) is 10.2 Å². The van der Waals surface area contributed by atoms with Crippen LogP contribution in [0.3, 0.4) is 0 Å². The van der Waals surface area contributed by atoms with E-state index in [2.05, 4.69) is 10.6 Å². The van der Waals surface area contributed by atoms with Crippen LogP contribution in [0.1, 0.15) is 38.3 Å². The molecule has 14 nitrogen and oxygen atoms in total. The van der Waals surface area contributed by atoms with Gasteiger partial charge in [0.1, 0.15) is 22.8 Å². The summed E-state index contributed by atoms with van der Waals surface area (Å²) >= 11 is 0. The second-order valence-corrected chi connectivity index (χ2v) is 14.0. The van der Waals surface area contributed by atoms with Crippen molar-refractivity contribution in [3.8, 4) is 22.9 Å². The van der Waals surface area contributed by atoms with Gasteiger partial charge in [-0.3, -0.25) is 24.1 Å². The molecule has 11 N–H and O–H groups in total. The first-order valence-corrected chi connectivity index (χ1v) is 15.2. The summed E-state index contributed by atoms with van der Waals surface area (Å²) in [6.07, 6.45) is -0.665. The van der Waals surface area contributed by atoms with Crippen molar-refractivity contribution < 1.29 is 34.5 Å². The van der Waals surface area contributed by atoms with Crippen molar-refractivity contribution in [3.63, 3.8) is 0 Å². The third kappa shape index (κ3) is 4.94. The number of benzene rings is 2. The summed E-state index contributed by atoms with van der Waals surface area (Å²) in [5.41, 5.74) is 12.8. The Kier molecular flexibility index (Phi) is 8.05. The minimum absolute atomic E-state index is 0.107. The molecule has 1 saturated carbocycles. The molecule has 0 spiro atoms. The monoisotopic (exact) mass is 657 g/mol. The maximum absolute atomic E-state index is 14.5. The standard InChI is InChI=1S/C34H39N7O7/c1-31(2,3)39-13-21(43)40-17-8-6-16(7-9-17)18-10-11-20(42)22-19(18)12-32(37)14-34(38)27(41(4)5)26(45)23(30(36)48)28(46)33(34,15-35)29(47)24(32)25(22)44/h6-11,27,39,42,44,46H,12-14,37-38H2,1-5H3,(H2,36,48)(H,40,43)/t27-,32-,33+,34-/m1/s1. The zero-order valence-electron chi connectivity index (χ0n) is 27.3. The molecule has 48 heavy (non-hydrogen) atoms. The summed E-state index contributed by atoms with van der Waals surface area (Å²) in [7, 11) is 2.91. The Morgan fingerprint density at radius 3 is 2.23 bits per heavy atom. The first-order valence-electron chi connectivity index (χ1n) is 15.2. The first-order chi connectivity index (χ1) is 22.2. The molecule has 2 aromatic carbocycles. The Morgan fingerprint density at radius 2 is 1.69 bits per heavy atom. The van der Waals surface area contributed by atoms with Gasteiger partial charge in [0.15, 0.2) is 17.0 Å². The highest BCUT2D eigenvalue weighted by molar-refractivity contribution is 6.25. The minimum atomic E-state index is -2.74. The van der Waals surface area contributed by atoms with Crippen LogP contribution in [0.5, 0.6) is 5.75 Å². The van der Waals surface area contributed by atoms with Crippen molar-refractivity contribution >= 4 is 34.8 Å². The van der Waals surface area contributed by atoms with Crippen molar-refractivity contribution in [2.45, 2.75) is 56.3 Å². The van der Waals surface area contributed by atoms with E-state index in [-0.39, 0.29) is 35.7 Å². The van der Waals surface area contributed by atoms with Gasteiger partial charge in [-0.2, -0.15) is 5.26 Å². The van der Waals surface area contributed by atoms with E-state index in [4.69, 9.17) is 17.2 Å². The summed E-state index contributed by atoms with van der Waals surface area (Å²) in [6, 6.07) is 10.0. The fourth-order valence-electron chi connectivity index (χ4n) is 7.39. The number of carbonyl (C=O) groups is 4. The van der Waals surface area contributed by atoms with Crippen LogP contribution in [0.4, 0.5) is 5.69 Å². The zero-order chi connectivity index (χ0) is 35.7. The molecule has 2 aromatic rings. The molecule has 0 aromatic heterocycles. The number of aromatic hydroxyl groups is 1. The summed E-state index contributed by atoms with van der Waals surface area (Å²) in [5.74, 6) is -6.13. The summed E-state index contributed by atoms with van der Waals surface area (Å²) in [6.45, 7) is 5.94. The number of nitrogens with zero attached hydrogens (tertiary/aromatic N) is 2. The largest absolute Gasteiger partial charge is 0.509 e.